The average Bonchev–Trinajstić information content (AvgIpc) is 3.83. The van der Waals surface area contributed by atoms with Gasteiger partial charge >= 0.3 is 24.5 Å². The number of hydrogen-bond acceptors (Lipinski definition) is 13. The van der Waals surface area contributed by atoms with Gasteiger partial charge in [-0.2, -0.15) is 19.2 Å². The topological polar surface area (TPSA) is 160 Å². The van der Waals surface area contributed by atoms with E-state index in [2.05, 4.69) is 78.1 Å². The van der Waals surface area contributed by atoms with E-state index in [0.29, 0.717) is 13.1 Å². The summed E-state index contributed by atoms with van der Waals surface area (Å²) in [4.78, 5) is 75.7. The maximum Gasteiger partial charge on any atom is 0.410 e. The number of carbonyl (C=O) groups excluding carboxylic acids is 7. The number of nitrogens with zero attached hydrogens (tertiary/aromatic N) is 3. The molecule has 2 fully saturated rings. The zero-order chi connectivity index (χ0) is 45.8. The average molecular weight is 877 g/mol. The standard InChI is InChI=1S/C22H30N2O2S.C13H12OS.C9H18N2O2.2CO2/c1-16-6-7-18(19(14-16)20-17(2)8-13-27-20)15-23-9-11-24(12-10-23)21(25)26-22(3,4)5;1-9-3-4-11(8-14)12(7-9)13-10(2)5-6-15-13;1-9(2,3)13-8(12)11-6-4-10-5-7-11;2*2-1-3/h6-8,13-14H,9-12,15H2,1-5H3;3-8H,1-2H3;10H,4-7H2,1-3H3;;. The first kappa shape index (κ1) is 51.9. The van der Waals surface area contributed by atoms with Crippen LogP contribution in [0.15, 0.2) is 59.3 Å². The maximum absolute atomic E-state index is 12.2. The minimum Gasteiger partial charge on any atom is -0.444 e. The Morgan fingerprint density at radius 3 is 1.51 bits per heavy atom. The Labute approximate surface area is 368 Å². The van der Waals surface area contributed by atoms with Gasteiger partial charge in [-0.05, 0) is 120 Å². The van der Waals surface area contributed by atoms with Crippen LogP contribution in [0.4, 0.5) is 9.59 Å². The van der Waals surface area contributed by atoms with Crippen LogP contribution in [-0.2, 0) is 35.2 Å². The minimum absolute atomic E-state index is 0.200. The van der Waals surface area contributed by atoms with Gasteiger partial charge in [0.25, 0.3) is 0 Å². The van der Waals surface area contributed by atoms with Crippen molar-refractivity contribution in [3.63, 3.8) is 0 Å². The molecule has 2 aliphatic heterocycles. The van der Waals surface area contributed by atoms with Crippen molar-refractivity contribution < 1.29 is 43.0 Å². The number of piperazine rings is 2. The first-order valence-corrected chi connectivity index (χ1v) is 21.6. The normalized spacial score (nSPS) is 13.7. The summed E-state index contributed by atoms with van der Waals surface area (Å²) in [5.41, 5.74) is 8.73. The second kappa shape index (κ2) is 25.5. The molecule has 6 rings (SSSR count). The van der Waals surface area contributed by atoms with E-state index in [-0.39, 0.29) is 30.1 Å². The monoisotopic (exact) mass is 876 g/mol. The molecule has 13 nitrogen and oxygen atoms in total. The van der Waals surface area contributed by atoms with Crippen LogP contribution in [0.3, 0.4) is 0 Å². The highest BCUT2D eigenvalue weighted by molar-refractivity contribution is 7.14. The number of amides is 2. The van der Waals surface area contributed by atoms with E-state index in [9.17, 15) is 14.4 Å². The zero-order valence-electron chi connectivity index (χ0n) is 37.0. The van der Waals surface area contributed by atoms with Crippen molar-refractivity contribution in [1.82, 2.24) is 20.0 Å². The second-order valence-corrected chi connectivity index (χ2v) is 18.2. The summed E-state index contributed by atoms with van der Waals surface area (Å²) in [6, 6.07) is 16.9. The predicted molar refractivity (Wildman–Crippen MR) is 238 cm³/mol. The number of aryl methyl sites for hydroxylation is 4. The first-order chi connectivity index (χ1) is 28.8. The molecular formula is C46H60N4O9S2. The zero-order valence-corrected chi connectivity index (χ0v) is 38.7. The Hall–Kier alpha value is -5.27. The minimum atomic E-state index is -0.441. The quantitative estimate of drug-likeness (QED) is 0.191. The molecule has 0 radical (unpaired) electrons. The number of hydrogen-bond donors (Lipinski definition) is 1. The third-order valence-electron chi connectivity index (χ3n) is 9.00. The fourth-order valence-electron chi connectivity index (χ4n) is 6.14. The van der Waals surface area contributed by atoms with Gasteiger partial charge in [0.05, 0.1) is 0 Å². The molecule has 2 saturated heterocycles. The van der Waals surface area contributed by atoms with Gasteiger partial charge in [-0.3, -0.25) is 9.69 Å². The van der Waals surface area contributed by atoms with Crippen LogP contribution in [0.25, 0.3) is 20.9 Å². The summed E-state index contributed by atoms with van der Waals surface area (Å²) in [7, 11) is 0. The van der Waals surface area contributed by atoms with Gasteiger partial charge in [0.2, 0.25) is 0 Å². The van der Waals surface area contributed by atoms with E-state index >= 15 is 0 Å². The molecule has 2 aromatic carbocycles. The summed E-state index contributed by atoms with van der Waals surface area (Å²) in [6.07, 6.45) is 1.02. The molecule has 4 aromatic rings. The SMILES string of the molecule is CC(C)(C)OC(=O)N1CCNCC1.Cc1ccc(C=O)c(-c2sccc2C)c1.Cc1ccc(CN2CCN(C(=O)OC(C)(C)C)CC2)c(-c2sccc2C)c1.O=C=O.O=C=O. The molecule has 0 unspecified atom stereocenters. The Morgan fingerprint density at radius 2 is 1.08 bits per heavy atom. The van der Waals surface area contributed by atoms with Gasteiger partial charge in [0, 0.05) is 79.8 Å². The molecule has 0 bridgehead atoms. The van der Waals surface area contributed by atoms with Crippen LogP contribution in [0.1, 0.15) is 79.7 Å². The third kappa shape index (κ3) is 18.5. The molecule has 0 spiro atoms. The molecular weight excluding hydrogens is 817 g/mol. The van der Waals surface area contributed by atoms with Crippen molar-refractivity contribution in [3.8, 4) is 20.9 Å². The molecule has 2 aliphatic rings. The number of thiophene rings is 2. The summed E-state index contributed by atoms with van der Waals surface area (Å²) in [6.45, 7) is 27.1. The summed E-state index contributed by atoms with van der Waals surface area (Å²) in [5, 5.41) is 7.40. The molecule has 1 N–H and O–H groups in total. The van der Waals surface area contributed by atoms with E-state index < -0.39 is 5.60 Å². The Kier molecular flexibility index (Phi) is 21.7. The smallest absolute Gasteiger partial charge is 0.410 e. The number of rotatable bonds is 5. The van der Waals surface area contributed by atoms with Crippen LogP contribution in [0.5, 0.6) is 0 Å². The lowest BCUT2D eigenvalue weighted by molar-refractivity contribution is -0.193. The van der Waals surface area contributed by atoms with Crippen molar-refractivity contribution in [2.24, 2.45) is 0 Å². The van der Waals surface area contributed by atoms with Crippen LogP contribution in [0.2, 0.25) is 0 Å². The van der Waals surface area contributed by atoms with Crippen LogP contribution in [0, 0.1) is 27.7 Å². The van der Waals surface area contributed by atoms with E-state index in [0.717, 1.165) is 63.2 Å². The summed E-state index contributed by atoms with van der Waals surface area (Å²) in [5.74, 6) is 0. The molecule has 2 aromatic heterocycles. The van der Waals surface area contributed by atoms with Gasteiger partial charge in [0.15, 0.2) is 6.29 Å². The van der Waals surface area contributed by atoms with E-state index in [1.54, 1.807) is 16.2 Å². The van der Waals surface area contributed by atoms with Gasteiger partial charge in [-0.25, -0.2) is 9.59 Å². The van der Waals surface area contributed by atoms with Gasteiger partial charge in [0.1, 0.15) is 11.2 Å². The predicted octanol–water partition coefficient (Wildman–Crippen LogP) is 8.59. The van der Waals surface area contributed by atoms with Crippen LogP contribution in [-0.4, -0.2) is 109 Å². The van der Waals surface area contributed by atoms with Crippen molar-refractivity contribution in [2.45, 2.75) is 87.0 Å². The van der Waals surface area contributed by atoms with Crippen molar-refractivity contribution in [1.29, 1.82) is 0 Å². The number of benzene rings is 2. The first-order valence-electron chi connectivity index (χ1n) is 19.9. The fraction of sp³-hybridized carbons (Fsp3) is 0.457. The number of nitrogens with one attached hydrogen (secondary N) is 1. The Balaban J connectivity index is 0.000000318. The molecule has 4 heterocycles. The molecule has 330 valence electrons. The lowest BCUT2D eigenvalue weighted by Crippen LogP contribution is -2.49. The molecule has 0 aliphatic carbocycles. The van der Waals surface area contributed by atoms with Crippen molar-refractivity contribution in [2.75, 3.05) is 52.4 Å². The van der Waals surface area contributed by atoms with E-state index in [1.165, 1.54) is 43.1 Å². The van der Waals surface area contributed by atoms with Crippen molar-refractivity contribution in [3.05, 3.63) is 92.7 Å². The lowest BCUT2D eigenvalue weighted by Gasteiger charge is -2.35. The molecule has 15 heteroatoms. The van der Waals surface area contributed by atoms with Crippen LogP contribution < -0.4 is 5.32 Å². The van der Waals surface area contributed by atoms with E-state index in [1.807, 2.05) is 76.8 Å². The van der Waals surface area contributed by atoms with Gasteiger partial charge in [-0.15, -0.1) is 22.7 Å². The number of aldehydes is 1. The van der Waals surface area contributed by atoms with Crippen molar-refractivity contribution >= 4 is 53.4 Å². The van der Waals surface area contributed by atoms with Crippen LogP contribution >= 0.6 is 22.7 Å². The Bertz CT molecular complexity index is 2060. The molecule has 2 amide bonds. The Morgan fingerprint density at radius 1 is 0.656 bits per heavy atom. The molecule has 61 heavy (non-hydrogen) atoms. The van der Waals surface area contributed by atoms with E-state index in [4.69, 9.17) is 28.7 Å². The highest BCUT2D eigenvalue weighted by Gasteiger charge is 2.27. The number of carbonyl (C=O) groups is 3. The lowest BCUT2D eigenvalue weighted by atomic mass is 10.0. The largest absolute Gasteiger partial charge is 0.444 e. The van der Waals surface area contributed by atoms with Gasteiger partial charge < -0.3 is 24.6 Å². The summed E-state index contributed by atoms with van der Waals surface area (Å²) < 4.78 is 10.7. The highest BCUT2D eigenvalue weighted by atomic mass is 32.1. The maximum atomic E-state index is 12.2. The van der Waals surface area contributed by atoms with Gasteiger partial charge in [-0.1, -0.05) is 41.5 Å². The fourth-order valence-corrected chi connectivity index (χ4v) is 8.08. The highest BCUT2D eigenvalue weighted by Crippen LogP contribution is 2.34. The summed E-state index contributed by atoms with van der Waals surface area (Å²) >= 11 is 3.49. The molecule has 0 saturated carbocycles. The molecule has 0 atom stereocenters. The second-order valence-electron chi connectivity index (χ2n) is 16.4. The number of ether oxygens (including phenoxy) is 2. The third-order valence-corrected chi connectivity index (χ3v) is 11.1.